The molecule has 5 nitrogen and oxygen atoms in total. The number of amides is 1. The molecule has 1 aliphatic rings. The maximum Gasteiger partial charge on any atom is 0.228 e. The minimum absolute atomic E-state index is 0.0707. The normalized spacial score (nSPS) is 13.8. The lowest BCUT2D eigenvalue weighted by Gasteiger charge is -2.32. The highest BCUT2D eigenvalue weighted by molar-refractivity contribution is 6.00. The first kappa shape index (κ1) is 12.2. The first-order chi connectivity index (χ1) is 8.71. The van der Waals surface area contributed by atoms with Gasteiger partial charge in [-0.3, -0.25) is 4.79 Å². The fourth-order valence-electron chi connectivity index (χ4n) is 1.96. The zero-order valence-electron chi connectivity index (χ0n) is 10.4. The summed E-state index contributed by atoms with van der Waals surface area (Å²) in [4.78, 5) is 13.2. The number of rotatable bonds is 4. The predicted molar refractivity (Wildman–Crippen MR) is 65.8 cm³/mol. The second kappa shape index (κ2) is 4.96. The van der Waals surface area contributed by atoms with Gasteiger partial charge in [0, 0.05) is 19.0 Å². The lowest BCUT2D eigenvalue weighted by atomic mass is 10.0. The zero-order chi connectivity index (χ0) is 13.1. The molecule has 1 fully saturated rings. The zero-order valence-corrected chi connectivity index (χ0v) is 10.4. The summed E-state index contributed by atoms with van der Waals surface area (Å²) in [6, 6.07) is 5.60. The van der Waals surface area contributed by atoms with Gasteiger partial charge in [-0.05, 0) is 11.6 Å². The molecule has 0 bridgehead atoms. The fraction of sp³-hybridized carbons (Fsp3) is 0.385. The molecule has 1 heterocycles. The molecule has 0 unspecified atom stereocenters. The van der Waals surface area contributed by atoms with Gasteiger partial charge in [0.2, 0.25) is 5.91 Å². The van der Waals surface area contributed by atoms with E-state index in [0.717, 1.165) is 11.3 Å². The van der Waals surface area contributed by atoms with Crippen molar-refractivity contribution in [2.75, 3.05) is 25.7 Å². The van der Waals surface area contributed by atoms with Crippen LogP contribution in [0.5, 0.6) is 11.5 Å². The molecule has 94 valence electrons. The summed E-state index contributed by atoms with van der Waals surface area (Å²) in [6.45, 7) is 0.687. The van der Waals surface area contributed by atoms with Crippen molar-refractivity contribution in [2.45, 2.75) is 12.8 Å². The first-order valence-electron chi connectivity index (χ1n) is 5.63. The van der Waals surface area contributed by atoms with E-state index >= 15 is 0 Å². The van der Waals surface area contributed by atoms with Crippen LogP contribution in [-0.2, 0) is 11.2 Å². The average Bonchev–Trinajstić information content (AvgIpc) is 2.38. The van der Waals surface area contributed by atoms with Gasteiger partial charge < -0.3 is 14.4 Å². The molecule has 1 aromatic rings. The minimum Gasteiger partial charge on any atom is -0.493 e. The number of β-lactam (4-membered cyclic amide) rings is 1. The predicted octanol–water partition coefficient (Wildman–Crippen LogP) is 1.51. The highest BCUT2D eigenvalue weighted by atomic mass is 16.5. The molecule has 1 aromatic carbocycles. The molecule has 18 heavy (non-hydrogen) atoms. The van der Waals surface area contributed by atoms with Gasteiger partial charge in [0.15, 0.2) is 11.5 Å². The van der Waals surface area contributed by atoms with Gasteiger partial charge in [0.25, 0.3) is 0 Å². The van der Waals surface area contributed by atoms with Crippen molar-refractivity contribution >= 4 is 11.6 Å². The fourth-order valence-corrected chi connectivity index (χ4v) is 1.96. The Bertz CT molecular complexity index is 520. The van der Waals surface area contributed by atoms with Crippen LogP contribution in [0.1, 0.15) is 12.0 Å². The largest absolute Gasteiger partial charge is 0.493 e. The summed E-state index contributed by atoms with van der Waals surface area (Å²) in [7, 11) is 3.09. The van der Waals surface area contributed by atoms with Gasteiger partial charge in [0.05, 0.1) is 32.4 Å². The number of carbonyl (C=O) groups is 1. The number of hydrogen-bond donors (Lipinski definition) is 0. The maximum absolute atomic E-state index is 11.5. The van der Waals surface area contributed by atoms with Crippen LogP contribution in [-0.4, -0.2) is 26.7 Å². The molecule has 0 N–H and O–H groups in total. The molecule has 1 saturated heterocycles. The van der Waals surface area contributed by atoms with Gasteiger partial charge in [-0.2, -0.15) is 5.26 Å². The van der Waals surface area contributed by atoms with E-state index in [1.807, 2.05) is 0 Å². The Morgan fingerprint density at radius 1 is 1.33 bits per heavy atom. The standard InChI is InChI=1S/C13H14N2O3/c1-17-11-7-9(3-5-14)10(8-12(11)18-2)15-6-4-13(15)16/h7-8H,3-4,6H2,1-2H3. The van der Waals surface area contributed by atoms with Crippen molar-refractivity contribution in [2.24, 2.45) is 0 Å². The number of hydrogen-bond acceptors (Lipinski definition) is 4. The molecule has 0 aliphatic carbocycles. The van der Waals surface area contributed by atoms with Crippen molar-refractivity contribution in [1.82, 2.24) is 0 Å². The van der Waals surface area contributed by atoms with E-state index in [1.165, 1.54) is 0 Å². The van der Waals surface area contributed by atoms with Gasteiger partial charge in [-0.25, -0.2) is 0 Å². The van der Waals surface area contributed by atoms with Crippen molar-refractivity contribution in [3.8, 4) is 17.6 Å². The summed E-state index contributed by atoms with van der Waals surface area (Å²) < 4.78 is 10.4. The van der Waals surface area contributed by atoms with Crippen molar-refractivity contribution in [3.63, 3.8) is 0 Å². The Labute approximate surface area is 106 Å². The van der Waals surface area contributed by atoms with Gasteiger partial charge >= 0.3 is 0 Å². The van der Waals surface area contributed by atoms with Crippen LogP contribution in [0.2, 0.25) is 0 Å². The number of ether oxygens (including phenoxy) is 2. The molecular formula is C13H14N2O3. The third-order valence-corrected chi connectivity index (χ3v) is 3.00. The first-order valence-corrected chi connectivity index (χ1v) is 5.63. The summed E-state index contributed by atoms with van der Waals surface area (Å²) in [5.41, 5.74) is 1.52. The molecule has 0 spiro atoms. The SMILES string of the molecule is COc1cc(CC#N)c(N2CCC2=O)cc1OC. The topological polar surface area (TPSA) is 62.6 Å². The monoisotopic (exact) mass is 246 g/mol. The number of anilines is 1. The highest BCUT2D eigenvalue weighted by Gasteiger charge is 2.28. The van der Waals surface area contributed by atoms with E-state index < -0.39 is 0 Å². The van der Waals surface area contributed by atoms with E-state index in [9.17, 15) is 4.79 Å². The van der Waals surface area contributed by atoms with Crippen LogP contribution in [0.25, 0.3) is 0 Å². The summed E-state index contributed by atoms with van der Waals surface area (Å²) in [5.74, 6) is 1.20. The quantitative estimate of drug-likeness (QED) is 0.755. The number of nitrogens with zero attached hydrogens (tertiary/aromatic N) is 2. The van der Waals surface area contributed by atoms with Crippen molar-refractivity contribution < 1.29 is 14.3 Å². The second-order valence-corrected chi connectivity index (χ2v) is 3.97. The van der Waals surface area contributed by atoms with Crippen LogP contribution >= 0.6 is 0 Å². The molecule has 0 radical (unpaired) electrons. The van der Waals surface area contributed by atoms with Crippen LogP contribution in [0.3, 0.4) is 0 Å². The van der Waals surface area contributed by atoms with Gasteiger partial charge in [0.1, 0.15) is 0 Å². The Balaban J connectivity index is 2.48. The van der Waals surface area contributed by atoms with Crippen molar-refractivity contribution in [1.29, 1.82) is 5.26 Å². The molecule has 0 saturated carbocycles. The Kier molecular flexibility index (Phi) is 3.38. The average molecular weight is 246 g/mol. The number of benzene rings is 1. The molecular weight excluding hydrogens is 232 g/mol. The lowest BCUT2D eigenvalue weighted by Crippen LogP contribution is -2.43. The molecule has 2 rings (SSSR count). The number of methoxy groups -OCH3 is 2. The number of nitriles is 1. The van der Waals surface area contributed by atoms with Crippen molar-refractivity contribution in [3.05, 3.63) is 17.7 Å². The Hall–Kier alpha value is -2.22. The van der Waals surface area contributed by atoms with E-state index in [2.05, 4.69) is 6.07 Å². The van der Waals surface area contributed by atoms with Crippen LogP contribution in [0, 0.1) is 11.3 Å². The lowest BCUT2D eigenvalue weighted by molar-refractivity contribution is -0.122. The Morgan fingerprint density at radius 2 is 2.00 bits per heavy atom. The highest BCUT2D eigenvalue weighted by Crippen LogP contribution is 2.37. The van der Waals surface area contributed by atoms with Gasteiger partial charge in [-0.15, -0.1) is 0 Å². The number of carbonyl (C=O) groups excluding carboxylic acids is 1. The molecule has 0 atom stereocenters. The van der Waals surface area contributed by atoms with E-state index in [-0.39, 0.29) is 12.3 Å². The molecule has 1 amide bonds. The van der Waals surface area contributed by atoms with E-state index in [1.54, 1.807) is 31.3 Å². The van der Waals surface area contributed by atoms with E-state index in [4.69, 9.17) is 14.7 Å². The van der Waals surface area contributed by atoms with Crippen LogP contribution < -0.4 is 14.4 Å². The molecule has 1 aliphatic heterocycles. The van der Waals surface area contributed by atoms with Gasteiger partial charge in [-0.1, -0.05) is 0 Å². The second-order valence-electron chi connectivity index (χ2n) is 3.97. The third kappa shape index (κ3) is 1.97. The molecule has 5 heteroatoms. The molecule has 0 aromatic heterocycles. The van der Waals surface area contributed by atoms with E-state index in [0.29, 0.717) is 24.5 Å². The summed E-state index contributed by atoms with van der Waals surface area (Å²) in [5, 5.41) is 8.85. The third-order valence-electron chi connectivity index (χ3n) is 3.00. The summed E-state index contributed by atoms with van der Waals surface area (Å²) in [6.07, 6.45) is 0.791. The minimum atomic E-state index is 0.0707. The van der Waals surface area contributed by atoms with Crippen LogP contribution in [0.15, 0.2) is 12.1 Å². The summed E-state index contributed by atoms with van der Waals surface area (Å²) >= 11 is 0. The maximum atomic E-state index is 11.5. The van der Waals surface area contributed by atoms with Crippen LogP contribution in [0.4, 0.5) is 5.69 Å². The Morgan fingerprint density at radius 3 is 2.44 bits per heavy atom. The smallest absolute Gasteiger partial charge is 0.228 e.